The van der Waals surface area contributed by atoms with Gasteiger partial charge in [0, 0.05) is 18.4 Å². The van der Waals surface area contributed by atoms with Gasteiger partial charge in [-0.1, -0.05) is 0 Å². The van der Waals surface area contributed by atoms with Crippen LogP contribution in [0.25, 0.3) is 0 Å². The van der Waals surface area contributed by atoms with Gasteiger partial charge in [-0.2, -0.15) is 0 Å². The van der Waals surface area contributed by atoms with Crippen LogP contribution >= 0.6 is 0 Å². The zero-order valence-electron chi connectivity index (χ0n) is 10.0. The predicted molar refractivity (Wildman–Crippen MR) is 57.9 cm³/mol. The molecule has 2 aliphatic rings. The van der Waals surface area contributed by atoms with Crippen LogP contribution in [0, 0.1) is 0 Å². The zero-order chi connectivity index (χ0) is 12.0. The van der Waals surface area contributed by atoms with Crippen molar-refractivity contribution in [1.82, 2.24) is 10.2 Å². The van der Waals surface area contributed by atoms with Crippen LogP contribution in [0.5, 0.6) is 0 Å². The van der Waals surface area contributed by atoms with Crippen LogP contribution in [0.15, 0.2) is 0 Å². The molecule has 0 aromatic heterocycles. The second-order valence-electron chi connectivity index (χ2n) is 5.42. The minimum Gasteiger partial charge on any atom is -0.432 e. The number of hydrogen-bond acceptors (Lipinski definition) is 4. The van der Waals surface area contributed by atoms with Gasteiger partial charge in [0.25, 0.3) is 5.91 Å². The smallest absolute Gasteiger partial charge is 0.418 e. The van der Waals surface area contributed by atoms with E-state index in [1.54, 1.807) is 0 Å². The van der Waals surface area contributed by atoms with E-state index in [0.29, 0.717) is 12.8 Å². The Morgan fingerprint density at radius 3 is 2.25 bits per heavy atom. The van der Waals surface area contributed by atoms with E-state index in [-0.39, 0.29) is 5.91 Å². The predicted octanol–water partition coefficient (Wildman–Crippen LogP) is 0.886. The number of piperidine rings is 1. The summed E-state index contributed by atoms with van der Waals surface area (Å²) in [6.07, 6.45) is 0.647. The van der Waals surface area contributed by atoms with Crippen LogP contribution in [-0.2, 0) is 9.53 Å². The van der Waals surface area contributed by atoms with Crippen LogP contribution in [-0.4, -0.2) is 41.1 Å². The molecule has 2 heterocycles. The van der Waals surface area contributed by atoms with E-state index in [1.165, 1.54) is 4.90 Å². The van der Waals surface area contributed by atoms with Gasteiger partial charge >= 0.3 is 6.09 Å². The monoisotopic (exact) mass is 226 g/mol. The number of ether oxygens (including phenoxy) is 1. The first-order valence-corrected chi connectivity index (χ1v) is 5.65. The maximum Gasteiger partial charge on any atom is 0.418 e. The molecule has 5 nitrogen and oxygen atoms in total. The summed E-state index contributed by atoms with van der Waals surface area (Å²) in [5.74, 6) is -0.175. The fourth-order valence-electron chi connectivity index (χ4n) is 2.27. The Morgan fingerprint density at radius 2 is 1.81 bits per heavy atom. The molecule has 16 heavy (non-hydrogen) atoms. The topological polar surface area (TPSA) is 58.6 Å². The number of nitrogens with one attached hydrogen (secondary N) is 1. The first-order valence-electron chi connectivity index (χ1n) is 5.65. The number of carbonyl (C=O) groups excluding carboxylic acids is 2. The van der Waals surface area contributed by atoms with E-state index in [1.807, 2.05) is 20.8 Å². The molecule has 1 spiro atoms. The lowest BCUT2D eigenvalue weighted by molar-refractivity contribution is -0.141. The van der Waals surface area contributed by atoms with Crippen molar-refractivity contribution in [3.63, 3.8) is 0 Å². The number of hydrogen-bond donors (Lipinski definition) is 1. The maximum absolute atomic E-state index is 12.3. The quantitative estimate of drug-likeness (QED) is 0.666. The molecule has 0 saturated carbocycles. The summed E-state index contributed by atoms with van der Waals surface area (Å²) in [7, 11) is 0. The minimum absolute atomic E-state index is 0.175. The summed E-state index contributed by atoms with van der Waals surface area (Å²) in [6.45, 7) is 6.96. The van der Waals surface area contributed by atoms with Gasteiger partial charge in [0.15, 0.2) is 5.60 Å². The fraction of sp³-hybridized carbons (Fsp3) is 0.818. The molecular weight excluding hydrogens is 208 g/mol. The molecule has 1 N–H and O–H groups in total. The fourth-order valence-corrected chi connectivity index (χ4v) is 2.27. The van der Waals surface area contributed by atoms with Crippen molar-refractivity contribution < 1.29 is 14.3 Å². The third kappa shape index (κ3) is 1.59. The van der Waals surface area contributed by atoms with Gasteiger partial charge in [-0.05, 0) is 33.9 Å². The molecule has 5 heteroatoms. The lowest BCUT2D eigenvalue weighted by atomic mass is 9.90. The normalized spacial score (nSPS) is 25.1. The number of rotatable bonds is 0. The molecule has 0 bridgehead atoms. The van der Waals surface area contributed by atoms with Gasteiger partial charge in [-0.3, -0.25) is 4.79 Å². The Morgan fingerprint density at radius 1 is 1.25 bits per heavy atom. The third-order valence-electron chi connectivity index (χ3n) is 3.14. The highest BCUT2D eigenvalue weighted by Gasteiger charge is 2.56. The van der Waals surface area contributed by atoms with Crippen molar-refractivity contribution in [2.24, 2.45) is 0 Å². The molecule has 2 amide bonds. The van der Waals surface area contributed by atoms with E-state index in [4.69, 9.17) is 4.74 Å². The van der Waals surface area contributed by atoms with E-state index >= 15 is 0 Å². The largest absolute Gasteiger partial charge is 0.432 e. The van der Waals surface area contributed by atoms with Crippen LogP contribution in [0.3, 0.4) is 0 Å². The minimum atomic E-state index is -0.893. The molecule has 2 saturated heterocycles. The van der Waals surface area contributed by atoms with Crippen LogP contribution in [0.4, 0.5) is 4.79 Å². The highest BCUT2D eigenvalue weighted by atomic mass is 16.6. The van der Waals surface area contributed by atoms with Crippen molar-refractivity contribution in [1.29, 1.82) is 0 Å². The molecule has 90 valence electrons. The summed E-state index contributed by atoms with van der Waals surface area (Å²) in [4.78, 5) is 25.3. The van der Waals surface area contributed by atoms with Crippen molar-refractivity contribution in [2.75, 3.05) is 13.1 Å². The van der Waals surface area contributed by atoms with Crippen LogP contribution in [0.1, 0.15) is 33.6 Å². The first-order chi connectivity index (χ1) is 7.37. The van der Waals surface area contributed by atoms with Crippen LogP contribution in [0.2, 0.25) is 0 Å². The summed E-state index contributed by atoms with van der Waals surface area (Å²) in [5.41, 5.74) is -1.40. The standard InChI is InChI=1S/C11H18N2O3/c1-10(2,3)13-8(14)11(16-9(13)15)4-6-12-7-5-11/h12H,4-7H2,1-3H3. The number of nitrogens with zero attached hydrogens (tertiary/aromatic N) is 1. The van der Waals surface area contributed by atoms with Gasteiger partial charge in [0.05, 0.1) is 0 Å². The molecular formula is C11H18N2O3. The summed E-state index contributed by atoms with van der Waals surface area (Å²) >= 11 is 0. The molecule has 0 unspecified atom stereocenters. The Labute approximate surface area is 95.1 Å². The highest BCUT2D eigenvalue weighted by Crippen LogP contribution is 2.35. The van der Waals surface area contributed by atoms with Gasteiger partial charge in [-0.15, -0.1) is 0 Å². The number of imide groups is 1. The molecule has 0 aromatic rings. The Hall–Kier alpha value is -1.10. The maximum atomic E-state index is 12.3. The second-order valence-corrected chi connectivity index (χ2v) is 5.42. The summed E-state index contributed by atoms with van der Waals surface area (Å²) < 4.78 is 5.34. The van der Waals surface area contributed by atoms with E-state index in [9.17, 15) is 9.59 Å². The van der Waals surface area contributed by atoms with E-state index in [0.717, 1.165) is 13.1 Å². The molecule has 2 fully saturated rings. The molecule has 0 radical (unpaired) electrons. The molecule has 2 rings (SSSR count). The molecule has 0 aliphatic carbocycles. The zero-order valence-corrected chi connectivity index (χ0v) is 10.0. The van der Waals surface area contributed by atoms with E-state index < -0.39 is 17.2 Å². The summed E-state index contributed by atoms with van der Waals surface area (Å²) in [5, 5.41) is 3.16. The van der Waals surface area contributed by atoms with Gasteiger partial charge in [0.2, 0.25) is 0 Å². The van der Waals surface area contributed by atoms with E-state index in [2.05, 4.69) is 5.32 Å². The van der Waals surface area contributed by atoms with Gasteiger partial charge in [-0.25, -0.2) is 9.69 Å². The van der Waals surface area contributed by atoms with Gasteiger partial charge < -0.3 is 10.1 Å². The third-order valence-corrected chi connectivity index (χ3v) is 3.14. The molecule has 2 aliphatic heterocycles. The Balaban J connectivity index is 2.28. The first kappa shape index (κ1) is 11.4. The van der Waals surface area contributed by atoms with Crippen molar-refractivity contribution in [3.05, 3.63) is 0 Å². The molecule has 0 atom stereocenters. The van der Waals surface area contributed by atoms with Crippen LogP contribution < -0.4 is 5.32 Å². The Bertz CT molecular complexity index is 327. The molecule has 0 aromatic carbocycles. The average molecular weight is 226 g/mol. The Kier molecular flexibility index (Phi) is 2.45. The summed E-state index contributed by atoms with van der Waals surface area (Å²) in [6, 6.07) is 0. The number of carbonyl (C=O) groups is 2. The lowest BCUT2D eigenvalue weighted by Crippen LogP contribution is -2.52. The van der Waals surface area contributed by atoms with Gasteiger partial charge in [0.1, 0.15) is 0 Å². The SMILES string of the molecule is CC(C)(C)N1C(=O)OC2(CCNCC2)C1=O. The van der Waals surface area contributed by atoms with Crippen molar-refractivity contribution >= 4 is 12.0 Å². The van der Waals surface area contributed by atoms with Crippen molar-refractivity contribution in [2.45, 2.75) is 44.8 Å². The highest BCUT2D eigenvalue weighted by molar-refractivity contribution is 6.03. The lowest BCUT2D eigenvalue weighted by Gasteiger charge is -2.31. The average Bonchev–Trinajstić information content (AvgIpc) is 2.38. The number of amides is 2. The van der Waals surface area contributed by atoms with Crippen molar-refractivity contribution in [3.8, 4) is 0 Å². The second kappa shape index (κ2) is 3.45.